The summed E-state index contributed by atoms with van der Waals surface area (Å²) in [5, 5.41) is 3.11. The van der Waals surface area contributed by atoms with Gasteiger partial charge in [-0.15, -0.1) is 0 Å². The third kappa shape index (κ3) is 3.96. The van der Waals surface area contributed by atoms with Crippen molar-refractivity contribution in [1.29, 1.82) is 0 Å². The standard InChI is InChI=1S/C23H26BrClN2O5/c1-10(2)20(27-21(29)18-12-4-5-13(7-12)19(18)22(27)30)23(31)32-9-17(28)26-16-8-15(25)14(24)6-11(16)3/h6,8,10,12-13,18-20H,4-5,7,9H2,1-3H3,(H,26,28)/t12-,13-,18-,19-,20-/m0/s1. The van der Waals surface area contributed by atoms with Gasteiger partial charge in [0.15, 0.2) is 6.61 Å². The number of hydrogen-bond donors (Lipinski definition) is 1. The highest BCUT2D eigenvalue weighted by atomic mass is 79.9. The van der Waals surface area contributed by atoms with Gasteiger partial charge in [-0.1, -0.05) is 25.4 Å². The van der Waals surface area contributed by atoms with E-state index in [0.29, 0.717) is 15.2 Å². The lowest BCUT2D eigenvalue weighted by Gasteiger charge is -2.28. The van der Waals surface area contributed by atoms with Gasteiger partial charge in [-0.05, 0) is 77.6 Å². The topological polar surface area (TPSA) is 92.8 Å². The molecule has 0 radical (unpaired) electrons. The number of fused-ring (bicyclic) bond motifs is 5. The molecule has 1 heterocycles. The van der Waals surface area contributed by atoms with Crippen molar-refractivity contribution in [3.05, 3.63) is 27.2 Å². The molecule has 2 saturated carbocycles. The Balaban J connectivity index is 1.42. The van der Waals surface area contributed by atoms with Crippen LogP contribution in [0.5, 0.6) is 0 Å². The predicted molar refractivity (Wildman–Crippen MR) is 122 cm³/mol. The van der Waals surface area contributed by atoms with Crippen LogP contribution in [0.25, 0.3) is 0 Å². The van der Waals surface area contributed by atoms with Crippen LogP contribution in [0, 0.1) is 36.5 Å². The maximum Gasteiger partial charge on any atom is 0.330 e. The molecule has 2 bridgehead atoms. The molecule has 3 fully saturated rings. The van der Waals surface area contributed by atoms with Crippen molar-refractivity contribution in [2.45, 2.75) is 46.1 Å². The Morgan fingerprint density at radius 3 is 2.34 bits per heavy atom. The fourth-order valence-electron chi connectivity index (χ4n) is 5.57. The van der Waals surface area contributed by atoms with Crippen LogP contribution in [0.4, 0.5) is 5.69 Å². The van der Waals surface area contributed by atoms with Crippen molar-refractivity contribution in [2.75, 3.05) is 11.9 Å². The van der Waals surface area contributed by atoms with Gasteiger partial charge in [0, 0.05) is 10.2 Å². The van der Waals surface area contributed by atoms with Gasteiger partial charge in [-0.3, -0.25) is 19.3 Å². The molecule has 1 aromatic rings. The third-order valence-electron chi connectivity index (χ3n) is 7.00. The average molecular weight is 526 g/mol. The van der Waals surface area contributed by atoms with Crippen LogP contribution in [0.3, 0.4) is 0 Å². The number of aryl methyl sites for hydroxylation is 1. The van der Waals surface area contributed by atoms with Crippen molar-refractivity contribution in [3.63, 3.8) is 0 Å². The number of nitrogens with zero attached hydrogens (tertiary/aromatic N) is 1. The lowest BCUT2D eigenvalue weighted by Crippen LogP contribution is -2.50. The summed E-state index contributed by atoms with van der Waals surface area (Å²) in [7, 11) is 0. The summed E-state index contributed by atoms with van der Waals surface area (Å²) in [5.41, 5.74) is 1.29. The average Bonchev–Trinajstić information content (AvgIpc) is 3.40. The molecule has 1 N–H and O–H groups in total. The third-order valence-corrected chi connectivity index (χ3v) is 8.20. The van der Waals surface area contributed by atoms with Gasteiger partial charge in [0.2, 0.25) is 11.8 Å². The molecule has 0 aromatic heterocycles. The van der Waals surface area contributed by atoms with Crippen molar-refractivity contribution < 1.29 is 23.9 Å². The van der Waals surface area contributed by atoms with Crippen molar-refractivity contribution in [3.8, 4) is 0 Å². The van der Waals surface area contributed by atoms with Gasteiger partial charge < -0.3 is 10.1 Å². The van der Waals surface area contributed by atoms with Gasteiger partial charge in [-0.25, -0.2) is 4.79 Å². The van der Waals surface area contributed by atoms with Crippen LogP contribution in [-0.2, 0) is 23.9 Å². The first-order valence-corrected chi connectivity index (χ1v) is 12.1. The van der Waals surface area contributed by atoms with Gasteiger partial charge >= 0.3 is 5.97 Å². The quantitative estimate of drug-likeness (QED) is 0.448. The van der Waals surface area contributed by atoms with Crippen LogP contribution in [-0.4, -0.2) is 41.2 Å². The highest BCUT2D eigenvalue weighted by Gasteiger charge is 2.62. The number of carbonyl (C=O) groups is 4. The Bertz CT molecular complexity index is 969. The number of esters is 1. The first-order valence-electron chi connectivity index (χ1n) is 10.9. The molecule has 5 atom stereocenters. The fraction of sp³-hybridized carbons (Fsp3) is 0.565. The molecule has 0 unspecified atom stereocenters. The molecule has 0 spiro atoms. The minimum Gasteiger partial charge on any atom is -0.454 e. The number of carbonyl (C=O) groups excluding carboxylic acids is 4. The fourth-order valence-corrected chi connectivity index (χ4v) is 6.19. The molecule has 172 valence electrons. The van der Waals surface area contributed by atoms with E-state index in [1.807, 2.05) is 6.92 Å². The predicted octanol–water partition coefficient (Wildman–Crippen LogP) is 3.95. The molecule has 1 saturated heterocycles. The number of halogens is 2. The molecule has 1 aliphatic heterocycles. The Morgan fingerprint density at radius 1 is 1.19 bits per heavy atom. The highest BCUT2D eigenvalue weighted by Crippen LogP contribution is 2.56. The van der Waals surface area contributed by atoms with Crippen LogP contribution in [0.2, 0.25) is 5.02 Å². The second kappa shape index (κ2) is 8.78. The molecular formula is C23H26BrClN2O5. The van der Waals surface area contributed by atoms with Crippen LogP contribution in [0.15, 0.2) is 16.6 Å². The molecular weight excluding hydrogens is 500 g/mol. The molecule has 2 aliphatic carbocycles. The molecule has 3 aliphatic rings. The van der Waals surface area contributed by atoms with Gasteiger partial charge in [0.25, 0.3) is 5.91 Å². The molecule has 32 heavy (non-hydrogen) atoms. The summed E-state index contributed by atoms with van der Waals surface area (Å²) in [4.78, 5) is 52.6. The molecule has 4 rings (SSSR count). The Morgan fingerprint density at radius 2 is 1.78 bits per heavy atom. The van der Waals surface area contributed by atoms with Crippen molar-refractivity contribution in [2.24, 2.45) is 29.6 Å². The normalized spacial score (nSPS) is 27.1. The van der Waals surface area contributed by atoms with Crippen LogP contribution < -0.4 is 5.32 Å². The summed E-state index contributed by atoms with van der Waals surface area (Å²) in [5.74, 6) is -2.25. The highest BCUT2D eigenvalue weighted by molar-refractivity contribution is 9.10. The van der Waals surface area contributed by atoms with Gasteiger partial charge in [0.1, 0.15) is 6.04 Å². The van der Waals surface area contributed by atoms with E-state index in [1.54, 1.807) is 26.0 Å². The Hall–Kier alpha value is -1.93. The van der Waals surface area contributed by atoms with Crippen LogP contribution in [0.1, 0.15) is 38.7 Å². The number of anilines is 1. The zero-order valence-corrected chi connectivity index (χ0v) is 20.5. The SMILES string of the molecule is Cc1cc(Br)c(Cl)cc1NC(=O)COC(=O)[C@H](C(C)C)N1C(=O)[C@H]2[C@H]3CC[C@@H](C3)[C@@H]2C1=O. The minimum atomic E-state index is -1.03. The van der Waals surface area contributed by atoms with Gasteiger partial charge in [-0.2, -0.15) is 0 Å². The maximum absolute atomic E-state index is 13.1. The van der Waals surface area contributed by atoms with E-state index in [1.165, 1.54) is 0 Å². The summed E-state index contributed by atoms with van der Waals surface area (Å²) < 4.78 is 5.96. The first-order chi connectivity index (χ1) is 15.1. The maximum atomic E-state index is 13.1. The molecule has 7 nitrogen and oxygen atoms in total. The number of nitrogens with one attached hydrogen (secondary N) is 1. The molecule has 1 aromatic carbocycles. The van der Waals surface area contributed by atoms with E-state index in [4.69, 9.17) is 16.3 Å². The van der Waals surface area contributed by atoms with E-state index in [9.17, 15) is 19.2 Å². The lowest BCUT2D eigenvalue weighted by atomic mass is 9.81. The van der Waals surface area contributed by atoms with E-state index in [-0.39, 0.29) is 41.4 Å². The summed E-state index contributed by atoms with van der Waals surface area (Å²) in [6.07, 6.45) is 2.86. The zero-order chi connectivity index (χ0) is 23.3. The van der Waals surface area contributed by atoms with Crippen molar-refractivity contribution >= 4 is 56.9 Å². The van der Waals surface area contributed by atoms with Gasteiger partial charge in [0.05, 0.1) is 16.9 Å². The smallest absolute Gasteiger partial charge is 0.330 e. The monoisotopic (exact) mass is 524 g/mol. The minimum absolute atomic E-state index is 0.238. The number of amides is 3. The number of benzene rings is 1. The van der Waals surface area contributed by atoms with E-state index in [2.05, 4.69) is 21.2 Å². The molecule has 3 amide bonds. The number of rotatable bonds is 6. The number of hydrogen-bond acceptors (Lipinski definition) is 5. The number of ether oxygens (including phenoxy) is 1. The van der Waals surface area contributed by atoms with Crippen LogP contribution >= 0.6 is 27.5 Å². The number of likely N-dealkylation sites (tertiary alicyclic amines) is 1. The van der Waals surface area contributed by atoms with E-state index >= 15 is 0 Å². The second-order valence-corrected chi connectivity index (χ2v) is 10.6. The summed E-state index contributed by atoms with van der Waals surface area (Å²) in [6.45, 7) is 4.82. The number of imide groups is 1. The van der Waals surface area contributed by atoms with E-state index in [0.717, 1.165) is 29.7 Å². The largest absolute Gasteiger partial charge is 0.454 e. The Kier molecular flexibility index (Phi) is 6.38. The lowest BCUT2D eigenvalue weighted by molar-refractivity contribution is -0.162. The summed E-state index contributed by atoms with van der Waals surface area (Å²) >= 11 is 9.41. The van der Waals surface area contributed by atoms with E-state index < -0.39 is 24.5 Å². The Labute approximate surface area is 200 Å². The second-order valence-electron chi connectivity index (χ2n) is 9.36. The van der Waals surface area contributed by atoms with Crippen molar-refractivity contribution in [1.82, 2.24) is 4.90 Å². The first kappa shape index (κ1) is 23.2. The zero-order valence-electron chi connectivity index (χ0n) is 18.2. The summed E-state index contributed by atoms with van der Waals surface area (Å²) in [6, 6.07) is 2.34. The molecule has 9 heteroatoms.